The highest BCUT2D eigenvalue weighted by molar-refractivity contribution is 5.75. The summed E-state index contributed by atoms with van der Waals surface area (Å²) in [6.07, 6.45) is 14.9. The zero-order chi connectivity index (χ0) is 18.5. The minimum Gasteiger partial charge on any atom is -0.275 e. The van der Waals surface area contributed by atoms with Crippen molar-refractivity contribution in [2.45, 2.75) is 84.5 Å². The Hall–Kier alpha value is -0.570. The number of nitrogens with zero attached hydrogens (tertiary/aromatic N) is 1. The van der Waals surface area contributed by atoms with E-state index in [0.29, 0.717) is 23.2 Å². The minimum atomic E-state index is 0.157. The third-order valence-electron chi connectivity index (χ3n) is 9.83. The van der Waals surface area contributed by atoms with Crippen LogP contribution in [0.5, 0.6) is 0 Å². The molecule has 0 heterocycles. The lowest BCUT2D eigenvalue weighted by atomic mass is 9.45. The third-order valence-corrected chi connectivity index (χ3v) is 9.83. The summed E-state index contributed by atoms with van der Waals surface area (Å²) >= 11 is 0. The van der Waals surface area contributed by atoms with Crippen molar-refractivity contribution < 1.29 is 9.63 Å². The van der Waals surface area contributed by atoms with E-state index in [4.69, 9.17) is 4.84 Å². The van der Waals surface area contributed by atoms with Crippen molar-refractivity contribution in [1.82, 2.24) is 5.06 Å². The van der Waals surface area contributed by atoms with Crippen molar-refractivity contribution in [1.29, 1.82) is 0 Å². The normalized spacial score (nSPS) is 47.6. The molecule has 0 spiro atoms. The van der Waals surface area contributed by atoms with E-state index >= 15 is 0 Å². The van der Waals surface area contributed by atoms with Crippen LogP contribution in [0.25, 0.3) is 0 Å². The van der Waals surface area contributed by atoms with Gasteiger partial charge in [0.2, 0.25) is 5.91 Å². The monoisotopic (exact) mass is 361 g/mol. The van der Waals surface area contributed by atoms with Gasteiger partial charge in [0.15, 0.2) is 0 Å². The molecule has 0 saturated heterocycles. The fraction of sp³-hybridized carbons (Fsp3) is 0.957. The molecule has 0 radical (unpaired) electrons. The quantitative estimate of drug-likeness (QED) is 0.626. The fourth-order valence-corrected chi connectivity index (χ4v) is 8.18. The number of hydrogen-bond acceptors (Lipinski definition) is 2. The maximum atomic E-state index is 12.5. The highest BCUT2D eigenvalue weighted by Gasteiger charge is 2.59. The van der Waals surface area contributed by atoms with E-state index in [9.17, 15) is 4.79 Å². The van der Waals surface area contributed by atoms with Gasteiger partial charge in [-0.2, -0.15) is 0 Å². The van der Waals surface area contributed by atoms with Crippen LogP contribution in [-0.4, -0.2) is 25.1 Å². The van der Waals surface area contributed by atoms with E-state index in [1.807, 2.05) is 0 Å². The molecule has 3 nitrogen and oxygen atoms in total. The predicted octanol–water partition coefficient (Wildman–Crippen LogP) is 5.45. The average molecular weight is 362 g/mol. The molecule has 4 aliphatic rings. The first kappa shape index (κ1) is 18.8. The van der Waals surface area contributed by atoms with Crippen LogP contribution in [0.15, 0.2) is 0 Å². The molecule has 0 aromatic heterocycles. The Morgan fingerprint density at radius 3 is 2.50 bits per heavy atom. The number of hydrogen-bond donors (Lipinski definition) is 0. The van der Waals surface area contributed by atoms with Crippen molar-refractivity contribution in [3.63, 3.8) is 0 Å². The summed E-state index contributed by atoms with van der Waals surface area (Å²) in [4.78, 5) is 17.6. The molecule has 4 fully saturated rings. The molecule has 4 saturated carbocycles. The van der Waals surface area contributed by atoms with Crippen LogP contribution in [0.2, 0.25) is 0 Å². The van der Waals surface area contributed by atoms with Gasteiger partial charge in [-0.3, -0.25) is 9.63 Å². The van der Waals surface area contributed by atoms with Crippen molar-refractivity contribution in [2.24, 2.45) is 40.4 Å². The van der Waals surface area contributed by atoms with E-state index in [0.717, 1.165) is 23.7 Å². The highest BCUT2D eigenvalue weighted by Crippen LogP contribution is 2.67. The smallest absolute Gasteiger partial charge is 0.246 e. The lowest BCUT2D eigenvalue weighted by Gasteiger charge is -2.60. The van der Waals surface area contributed by atoms with Crippen molar-refractivity contribution >= 4 is 5.91 Å². The van der Waals surface area contributed by atoms with Crippen LogP contribution < -0.4 is 0 Å². The first-order valence-corrected chi connectivity index (χ1v) is 11.2. The Morgan fingerprint density at radius 2 is 1.73 bits per heavy atom. The first-order chi connectivity index (χ1) is 12.4. The molecule has 0 aromatic rings. The number of carbonyl (C=O) groups is 1. The summed E-state index contributed by atoms with van der Waals surface area (Å²) < 4.78 is 0. The minimum absolute atomic E-state index is 0.157. The third kappa shape index (κ3) is 2.75. The molecular formula is C23H39NO2. The molecule has 7 atom stereocenters. The zero-order valence-electron chi connectivity index (χ0n) is 17.4. The molecule has 0 aromatic carbocycles. The van der Waals surface area contributed by atoms with Gasteiger partial charge in [0.1, 0.15) is 0 Å². The standard InChI is InChI=1S/C23H39NO2/c1-22-13-6-5-7-16(22)8-10-18-19-11-9-17(15-21(25)24(3)26-4)23(19,2)14-12-20(18)22/h16-20H,5-15H2,1-4H3. The Balaban J connectivity index is 1.52. The number of hydroxylamine groups is 2. The van der Waals surface area contributed by atoms with Crippen molar-refractivity contribution in [3.8, 4) is 0 Å². The van der Waals surface area contributed by atoms with Crippen molar-refractivity contribution in [3.05, 3.63) is 0 Å². The average Bonchev–Trinajstić information content (AvgIpc) is 2.97. The summed E-state index contributed by atoms with van der Waals surface area (Å²) in [6.45, 7) is 5.18. The van der Waals surface area contributed by atoms with Gasteiger partial charge in [0.25, 0.3) is 0 Å². The Kier molecular flexibility index (Phi) is 4.91. The van der Waals surface area contributed by atoms with Gasteiger partial charge in [0, 0.05) is 13.5 Å². The topological polar surface area (TPSA) is 29.5 Å². The Labute approximate surface area is 160 Å². The fourth-order valence-electron chi connectivity index (χ4n) is 8.18. The molecule has 26 heavy (non-hydrogen) atoms. The van der Waals surface area contributed by atoms with Crippen LogP contribution in [0.1, 0.15) is 84.5 Å². The van der Waals surface area contributed by atoms with Gasteiger partial charge in [0.05, 0.1) is 7.11 Å². The summed E-state index contributed by atoms with van der Waals surface area (Å²) in [5.41, 5.74) is 0.996. The van der Waals surface area contributed by atoms with Crippen LogP contribution in [0.4, 0.5) is 0 Å². The molecule has 0 N–H and O–H groups in total. The van der Waals surface area contributed by atoms with E-state index in [2.05, 4.69) is 13.8 Å². The van der Waals surface area contributed by atoms with Crippen LogP contribution in [0, 0.1) is 40.4 Å². The van der Waals surface area contributed by atoms with E-state index in [-0.39, 0.29) is 5.91 Å². The summed E-state index contributed by atoms with van der Waals surface area (Å²) in [7, 11) is 3.34. The van der Waals surface area contributed by atoms with Gasteiger partial charge in [-0.05, 0) is 91.8 Å². The second-order valence-electron chi connectivity index (χ2n) is 10.5. The highest BCUT2D eigenvalue weighted by atomic mass is 16.7. The van der Waals surface area contributed by atoms with E-state index in [1.54, 1.807) is 14.2 Å². The summed E-state index contributed by atoms with van der Waals surface area (Å²) in [5, 5.41) is 1.43. The van der Waals surface area contributed by atoms with Crippen LogP contribution >= 0.6 is 0 Å². The molecule has 0 bridgehead atoms. The van der Waals surface area contributed by atoms with Gasteiger partial charge in [-0.15, -0.1) is 0 Å². The lowest BCUT2D eigenvalue weighted by Crippen LogP contribution is -2.52. The van der Waals surface area contributed by atoms with Gasteiger partial charge in [-0.1, -0.05) is 26.7 Å². The lowest BCUT2D eigenvalue weighted by molar-refractivity contribution is -0.171. The number of rotatable bonds is 3. The maximum Gasteiger partial charge on any atom is 0.246 e. The number of amides is 1. The molecule has 1 amide bonds. The first-order valence-electron chi connectivity index (χ1n) is 11.2. The van der Waals surface area contributed by atoms with Crippen molar-refractivity contribution in [2.75, 3.05) is 14.2 Å². The molecule has 4 rings (SSSR count). The van der Waals surface area contributed by atoms with Gasteiger partial charge < -0.3 is 0 Å². The largest absolute Gasteiger partial charge is 0.275 e. The van der Waals surface area contributed by atoms with Gasteiger partial charge >= 0.3 is 0 Å². The molecule has 148 valence electrons. The van der Waals surface area contributed by atoms with E-state index < -0.39 is 0 Å². The maximum absolute atomic E-state index is 12.5. The second-order valence-corrected chi connectivity index (χ2v) is 10.5. The SMILES string of the molecule is CON(C)C(=O)CC1CCC2C3CCC4CCCCC4(C)C3CCC12C. The molecule has 4 aliphatic carbocycles. The molecule has 3 heteroatoms. The van der Waals surface area contributed by atoms with Gasteiger partial charge in [-0.25, -0.2) is 5.06 Å². The number of carbonyl (C=O) groups excluding carboxylic acids is 1. The molecule has 7 unspecified atom stereocenters. The van der Waals surface area contributed by atoms with Crippen LogP contribution in [-0.2, 0) is 9.63 Å². The summed E-state index contributed by atoms with van der Waals surface area (Å²) in [5.74, 6) is 4.44. The Morgan fingerprint density at radius 1 is 0.962 bits per heavy atom. The molecule has 0 aliphatic heterocycles. The second kappa shape index (κ2) is 6.79. The predicted molar refractivity (Wildman–Crippen MR) is 104 cm³/mol. The molecular weight excluding hydrogens is 322 g/mol. The zero-order valence-corrected chi connectivity index (χ0v) is 17.4. The Bertz CT molecular complexity index is 548. The van der Waals surface area contributed by atoms with E-state index in [1.165, 1.54) is 69.3 Å². The number of fused-ring (bicyclic) bond motifs is 5. The van der Waals surface area contributed by atoms with Crippen LogP contribution in [0.3, 0.4) is 0 Å². The summed E-state index contributed by atoms with van der Waals surface area (Å²) in [6, 6.07) is 0.